The minimum Gasteiger partial charge on any atom is -0.354 e. The van der Waals surface area contributed by atoms with Gasteiger partial charge in [-0.15, -0.1) is 24.0 Å². The highest BCUT2D eigenvalue weighted by Gasteiger charge is 2.17. The van der Waals surface area contributed by atoms with E-state index in [0.29, 0.717) is 24.0 Å². The monoisotopic (exact) mass is 438 g/mol. The van der Waals surface area contributed by atoms with Gasteiger partial charge in [0.25, 0.3) is 0 Å². The van der Waals surface area contributed by atoms with Crippen molar-refractivity contribution >= 4 is 35.8 Å². The number of aliphatic imine (C=N–C) groups is 1. The molecule has 0 aliphatic carbocycles. The van der Waals surface area contributed by atoms with E-state index in [-0.39, 0.29) is 29.9 Å². The van der Waals surface area contributed by atoms with E-state index in [1.54, 1.807) is 7.05 Å². The largest absolute Gasteiger partial charge is 0.354 e. The molecule has 1 unspecified atom stereocenters. The number of likely N-dealkylation sites (tertiary alicyclic amines) is 1. The fraction of sp³-hybridized carbons (Fsp3) is 0.882. The lowest BCUT2D eigenvalue weighted by molar-refractivity contribution is -0.130. The van der Waals surface area contributed by atoms with Crippen LogP contribution in [0.1, 0.15) is 59.8 Å². The van der Waals surface area contributed by atoms with Crippen molar-refractivity contribution in [3.05, 3.63) is 0 Å². The Labute approximate surface area is 159 Å². The third-order valence-electron chi connectivity index (χ3n) is 4.05. The average molecular weight is 438 g/mol. The Morgan fingerprint density at radius 3 is 2.35 bits per heavy atom. The summed E-state index contributed by atoms with van der Waals surface area (Å²) in [4.78, 5) is 18.3. The van der Waals surface area contributed by atoms with Crippen molar-refractivity contribution in [1.82, 2.24) is 15.5 Å². The first-order valence-electron chi connectivity index (χ1n) is 8.57. The maximum Gasteiger partial charge on any atom is 0.241 e. The zero-order chi connectivity index (χ0) is 16.6. The SMILES string of the molecule is CN=C(NCC(=O)N1CCCCC1)NC(C)CCC(C)(C)C.I. The first kappa shape index (κ1) is 22.5. The number of amides is 1. The number of rotatable bonds is 5. The summed E-state index contributed by atoms with van der Waals surface area (Å²) in [6, 6.07) is 0.343. The smallest absolute Gasteiger partial charge is 0.241 e. The van der Waals surface area contributed by atoms with E-state index >= 15 is 0 Å². The van der Waals surface area contributed by atoms with Gasteiger partial charge in [-0.3, -0.25) is 9.79 Å². The third-order valence-corrected chi connectivity index (χ3v) is 4.05. The molecule has 0 aromatic carbocycles. The Bertz CT molecular complexity index is 373. The number of hydrogen-bond acceptors (Lipinski definition) is 2. The Balaban J connectivity index is 0.00000484. The van der Waals surface area contributed by atoms with Gasteiger partial charge in [0, 0.05) is 26.2 Å². The molecule has 136 valence electrons. The lowest BCUT2D eigenvalue weighted by Gasteiger charge is -2.27. The highest BCUT2D eigenvalue weighted by Crippen LogP contribution is 2.21. The number of hydrogen-bond donors (Lipinski definition) is 2. The van der Waals surface area contributed by atoms with E-state index in [4.69, 9.17) is 0 Å². The van der Waals surface area contributed by atoms with Crippen LogP contribution >= 0.6 is 24.0 Å². The molecule has 1 fully saturated rings. The first-order valence-corrected chi connectivity index (χ1v) is 8.57. The molecule has 1 aliphatic rings. The summed E-state index contributed by atoms with van der Waals surface area (Å²) >= 11 is 0. The van der Waals surface area contributed by atoms with Crippen LogP contribution in [0.5, 0.6) is 0 Å². The molecule has 0 bridgehead atoms. The van der Waals surface area contributed by atoms with Gasteiger partial charge >= 0.3 is 0 Å². The van der Waals surface area contributed by atoms with Gasteiger partial charge in [0.2, 0.25) is 5.91 Å². The topological polar surface area (TPSA) is 56.7 Å². The van der Waals surface area contributed by atoms with E-state index in [9.17, 15) is 4.79 Å². The normalized spacial score (nSPS) is 17.3. The molecule has 0 aromatic rings. The third kappa shape index (κ3) is 10.0. The number of carbonyl (C=O) groups is 1. The summed E-state index contributed by atoms with van der Waals surface area (Å²) in [5, 5.41) is 6.51. The van der Waals surface area contributed by atoms with Crippen molar-refractivity contribution in [2.24, 2.45) is 10.4 Å². The molecule has 0 aromatic heterocycles. The molecule has 23 heavy (non-hydrogen) atoms. The highest BCUT2D eigenvalue weighted by atomic mass is 127. The molecule has 6 heteroatoms. The minimum atomic E-state index is 0. The van der Waals surface area contributed by atoms with Crippen molar-refractivity contribution in [2.45, 2.75) is 65.8 Å². The number of nitrogens with one attached hydrogen (secondary N) is 2. The van der Waals surface area contributed by atoms with E-state index in [1.807, 2.05) is 4.90 Å². The van der Waals surface area contributed by atoms with Crippen LogP contribution in [0.15, 0.2) is 4.99 Å². The van der Waals surface area contributed by atoms with Gasteiger partial charge in [0.1, 0.15) is 0 Å². The molecular weight excluding hydrogens is 403 g/mol. The zero-order valence-electron chi connectivity index (χ0n) is 15.4. The molecule has 0 radical (unpaired) electrons. The van der Waals surface area contributed by atoms with Crippen LogP contribution in [0.25, 0.3) is 0 Å². The minimum absolute atomic E-state index is 0. The Morgan fingerprint density at radius 1 is 1.22 bits per heavy atom. The number of piperidine rings is 1. The molecule has 5 nitrogen and oxygen atoms in total. The van der Waals surface area contributed by atoms with Crippen LogP contribution in [-0.4, -0.2) is 49.5 Å². The van der Waals surface area contributed by atoms with Crippen LogP contribution in [0.3, 0.4) is 0 Å². The lowest BCUT2D eigenvalue weighted by atomic mass is 9.89. The van der Waals surface area contributed by atoms with Gasteiger partial charge < -0.3 is 15.5 Å². The van der Waals surface area contributed by atoms with E-state index in [1.165, 1.54) is 6.42 Å². The number of carbonyl (C=O) groups excluding carboxylic acids is 1. The maximum absolute atomic E-state index is 12.1. The molecule has 0 saturated carbocycles. The van der Waals surface area contributed by atoms with Crippen LogP contribution in [-0.2, 0) is 4.79 Å². The second-order valence-electron chi connectivity index (χ2n) is 7.51. The summed E-state index contributed by atoms with van der Waals surface area (Å²) in [6.07, 6.45) is 5.74. The summed E-state index contributed by atoms with van der Waals surface area (Å²) in [7, 11) is 1.75. The van der Waals surface area contributed by atoms with Gasteiger partial charge in [0.05, 0.1) is 6.54 Å². The van der Waals surface area contributed by atoms with Crippen molar-refractivity contribution in [2.75, 3.05) is 26.7 Å². The predicted molar refractivity (Wildman–Crippen MR) is 108 cm³/mol. The fourth-order valence-electron chi connectivity index (χ4n) is 2.56. The highest BCUT2D eigenvalue weighted by molar-refractivity contribution is 14.0. The summed E-state index contributed by atoms with van der Waals surface area (Å²) in [5.41, 5.74) is 0.344. The van der Waals surface area contributed by atoms with Crippen LogP contribution in [0.4, 0.5) is 0 Å². The van der Waals surface area contributed by atoms with Crippen molar-refractivity contribution in [1.29, 1.82) is 0 Å². The van der Waals surface area contributed by atoms with Crippen LogP contribution in [0, 0.1) is 5.41 Å². The molecule has 1 rings (SSSR count). The number of halogens is 1. The first-order chi connectivity index (χ1) is 10.3. The fourth-order valence-corrected chi connectivity index (χ4v) is 2.56. The van der Waals surface area contributed by atoms with E-state index < -0.39 is 0 Å². The molecule has 1 atom stereocenters. The summed E-state index contributed by atoms with van der Waals surface area (Å²) < 4.78 is 0. The van der Waals surface area contributed by atoms with Crippen molar-refractivity contribution < 1.29 is 4.79 Å². The quantitative estimate of drug-likeness (QED) is 0.394. The predicted octanol–water partition coefficient (Wildman–Crippen LogP) is 3.00. The molecular formula is C17H35IN4O. The van der Waals surface area contributed by atoms with Crippen LogP contribution in [0.2, 0.25) is 0 Å². The summed E-state index contributed by atoms with van der Waals surface area (Å²) in [5.74, 6) is 0.886. The van der Waals surface area contributed by atoms with Gasteiger partial charge in [-0.05, 0) is 44.4 Å². The van der Waals surface area contributed by atoms with Gasteiger partial charge in [-0.2, -0.15) is 0 Å². The van der Waals surface area contributed by atoms with Gasteiger partial charge in [0.15, 0.2) is 5.96 Å². The summed E-state index contributed by atoms with van der Waals surface area (Å²) in [6.45, 7) is 11.0. The standard InChI is InChI=1S/C17H34N4O.HI/c1-14(9-10-17(2,3)4)20-16(18-5)19-13-15(22)21-11-7-6-8-12-21;/h14H,6-13H2,1-5H3,(H2,18,19,20);1H. The molecule has 1 heterocycles. The molecule has 1 aliphatic heterocycles. The Morgan fingerprint density at radius 2 is 1.83 bits per heavy atom. The molecule has 1 saturated heterocycles. The second-order valence-corrected chi connectivity index (χ2v) is 7.51. The average Bonchev–Trinajstić information content (AvgIpc) is 2.49. The van der Waals surface area contributed by atoms with Crippen molar-refractivity contribution in [3.8, 4) is 0 Å². The number of guanidine groups is 1. The van der Waals surface area contributed by atoms with Gasteiger partial charge in [-0.1, -0.05) is 20.8 Å². The Kier molecular flexibility index (Phi) is 10.8. The second kappa shape index (κ2) is 11.1. The van der Waals surface area contributed by atoms with E-state index in [0.717, 1.165) is 38.8 Å². The lowest BCUT2D eigenvalue weighted by Crippen LogP contribution is -2.48. The zero-order valence-corrected chi connectivity index (χ0v) is 17.8. The number of nitrogens with zero attached hydrogens (tertiary/aromatic N) is 2. The van der Waals surface area contributed by atoms with Gasteiger partial charge in [-0.25, -0.2) is 0 Å². The maximum atomic E-state index is 12.1. The van der Waals surface area contributed by atoms with E-state index in [2.05, 4.69) is 43.3 Å². The molecule has 0 spiro atoms. The van der Waals surface area contributed by atoms with Crippen LogP contribution < -0.4 is 10.6 Å². The van der Waals surface area contributed by atoms with Crippen molar-refractivity contribution in [3.63, 3.8) is 0 Å². The molecule has 2 N–H and O–H groups in total. The molecule has 1 amide bonds. The Hall–Kier alpha value is -0.530.